The molecule has 6 nitrogen and oxygen atoms in total. The van der Waals surface area contributed by atoms with Crippen LogP contribution < -0.4 is 0 Å². The summed E-state index contributed by atoms with van der Waals surface area (Å²) in [5, 5.41) is 5.44. The molecule has 0 bridgehead atoms. The molecule has 0 spiro atoms. The Balaban J connectivity index is 1.41. The Hall–Kier alpha value is -2.73. The summed E-state index contributed by atoms with van der Waals surface area (Å²) < 4.78 is 8.08. The summed E-state index contributed by atoms with van der Waals surface area (Å²) in [5.41, 5.74) is 2.34. The third kappa shape index (κ3) is 3.45. The van der Waals surface area contributed by atoms with Crippen molar-refractivity contribution in [3.8, 4) is 0 Å². The summed E-state index contributed by atoms with van der Waals surface area (Å²) in [5.74, 6) is 0.632. The van der Waals surface area contributed by atoms with Crippen LogP contribution in [0.2, 0.25) is 0 Å². The van der Waals surface area contributed by atoms with E-state index in [9.17, 15) is 4.79 Å². The number of para-hydroxylation sites is 1. The van der Waals surface area contributed by atoms with Gasteiger partial charge in [-0.3, -0.25) is 9.48 Å². The van der Waals surface area contributed by atoms with Gasteiger partial charge in [-0.05, 0) is 37.0 Å². The fraction of sp³-hybridized carbons (Fsp3) is 0.381. The highest BCUT2D eigenvalue weighted by atomic mass is 16.5. The summed E-state index contributed by atoms with van der Waals surface area (Å²) in [4.78, 5) is 19.6. The van der Waals surface area contributed by atoms with Crippen LogP contribution in [0.25, 0.3) is 10.9 Å². The lowest BCUT2D eigenvalue weighted by Crippen LogP contribution is -2.38. The first kappa shape index (κ1) is 16.4. The van der Waals surface area contributed by atoms with Gasteiger partial charge in [0, 0.05) is 24.7 Å². The second-order valence-electron chi connectivity index (χ2n) is 7.48. The van der Waals surface area contributed by atoms with Crippen LogP contribution in [0.3, 0.4) is 0 Å². The molecule has 2 aliphatic rings. The molecule has 27 heavy (non-hydrogen) atoms. The molecule has 1 aromatic carbocycles. The van der Waals surface area contributed by atoms with Gasteiger partial charge in [-0.2, -0.15) is 5.10 Å². The lowest BCUT2D eigenvalue weighted by molar-refractivity contribution is 0.0135. The Labute approximate surface area is 157 Å². The Morgan fingerprint density at radius 3 is 2.89 bits per heavy atom. The SMILES string of the molecule is O=C(c1ccc2ccccc2n1)N1Cc2ccnn2CC(OCC2CC2)C1. The van der Waals surface area contributed by atoms with Gasteiger partial charge in [0.05, 0.1) is 30.4 Å². The second kappa shape index (κ2) is 6.78. The number of hydrogen-bond acceptors (Lipinski definition) is 4. The first-order valence-corrected chi connectivity index (χ1v) is 9.53. The number of pyridine rings is 1. The molecule has 3 heterocycles. The summed E-state index contributed by atoms with van der Waals surface area (Å²) in [6.07, 6.45) is 4.25. The first-order chi connectivity index (χ1) is 13.3. The number of aromatic nitrogens is 3. The zero-order chi connectivity index (χ0) is 18.2. The standard InChI is InChI=1S/C21H22N4O2/c26-21(20-8-7-16-3-1-2-4-19(16)23-20)24-11-17-9-10-22-25(17)13-18(12-24)27-14-15-5-6-15/h1-4,7-10,15,18H,5-6,11-14H2. The molecule has 1 aliphatic heterocycles. The molecule has 0 N–H and O–H groups in total. The molecule has 5 rings (SSSR count). The molecular weight excluding hydrogens is 340 g/mol. The van der Waals surface area contributed by atoms with Gasteiger partial charge in [-0.15, -0.1) is 0 Å². The van der Waals surface area contributed by atoms with Gasteiger partial charge in [0.15, 0.2) is 0 Å². The number of hydrogen-bond donors (Lipinski definition) is 0. The van der Waals surface area contributed by atoms with Crippen molar-refractivity contribution in [3.05, 3.63) is 60.0 Å². The lowest BCUT2D eigenvalue weighted by atomic mass is 10.2. The molecule has 6 heteroatoms. The summed E-state index contributed by atoms with van der Waals surface area (Å²) in [7, 11) is 0. The van der Waals surface area contributed by atoms with Crippen molar-refractivity contribution in [1.29, 1.82) is 0 Å². The highest BCUT2D eigenvalue weighted by Crippen LogP contribution is 2.29. The largest absolute Gasteiger partial charge is 0.374 e. The first-order valence-electron chi connectivity index (χ1n) is 9.53. The molecule has 138 valence electrons. The highest BCUT2D eigenvalue weighted by Gasteiger charge is 2.29. The Kier molecular flexibility index (Phi) is 4.13. The van der Waals surface area contributed by atoms with Crippen molar-refractivity contribution in [2.75, 3.05) is 13.2 Å². The van der Waals surface area contributed by atoms with E-state index >= 15 is 0 Å². The minimum atomic E-state index is -0.0598. The summed E-state index contributed by atoms with van der Waals surface area (Å²) >= 11 is 0. The van der Waals surface area contributed by atoms with Gasteiger partial charge in [-0.25, -0.2) is 4.98 Å². The molecule has 1 aliphatic carbocycles. The molecule has 3 aromatic rings. The van der Waals surface area contributed by atoms with Crippen molar-refractivity contribution in [3.63, 3.8) is 0 Å². The van der Waals surface area contributed by atoms with E-state index in [-0.39, 0.29) is 12.0 Å². The third-order valence-electron chi connectivity index (χ3n) is 5.33. The number of carbonyl (C=O) groups excluding carboxylic acids is 1. The van der Waals surface area contributed by atoms with Crippen LogP contribution in [0.5, 0.6) is 0 Å². The van der Waals surface area contributed by atoms with Gasteiger partial charge >= 0.3 is 0 Å². The van der Waals surface area contributed by atoms with Crippen LogP contribution in [0.4, 0.5) is 0 Å². The lowest BCUT2D eigenvalue weighted by Gasteiger charge is -2.24. The molecule has 1 atom stereocenters. The number of benzene rings is 1. The molecule has 0 radical (unpaired) electrons. The average Bonchev–Trinajstić information content (AvgIpc) is 3.47. The quantitative estimate of drug-likeness (QED) is 0.716. The summed E-state index contributed by atoms with van der Waals surface area (Å²) in [6.45, 7) is 2.54. The van der Waals surface area contributed by atoms with Gasteiger partial charge in [0.2, 0.25) is 0 Å². The number of carbonyl (C=O) groups is 1. The second-order valence-corrected chi connectivity index (χ2v) is 7.48. The zero-order valence-corrected chi connectivity index (χ0v) is 15.1. The van der Waals surface area contributed by atoms with Crippen LogP contribution in [0.1, 0.15) is 29.0 Å². The fourth-order valence-corrected chi connectivity index (χ4v) is 3.58. The van der Waals surface area contributed by atoms with Gasteiger partial charge in [-0.1, -0.05) is 24.3 Å². The third-order valence-corrected chi connectivity index (χ3v) is 5.33. The van der Waals surface area contributed by atoms with Crippen molar-refractivity contribution >= 4 is 16.8 Å². The van der Waals surface area contributed by atoms with Crippen molar-refractivity contribution in [2.24, 2.45) is 5.92 Å². The van der Waals surface area contributed by atoms with E-state index < -0.39 is 0 Å². The average molecular weight is 362 g/mol. The number of fused-ring (bicyclic) bond motifs is 2. The highest BCUT2D eigenvalue weighted by molar-refractivity contribution is 5.94. The zero-order valence-electron chi connectivity index (χ0n) is 15.1. The Bertz CT molecular complexity index is 979. The number of ether oxygens (including phenoxy) is 1. The maximum Gasteiger partial charge on any atom is 0.272 e. The molecule has 0 saturated heterocycles. The van der Waals surface area contributed by atoms with Crippen LogP contribution in [-0.4, -0.2) is 44.8 Å². The fourth-order valence-electron chi connectivity index (χ4n) is 3.58. The van der Waals surface area contributed by atoms with E-state index in [4.69, 9.17) is 4.74 Å². The molecule has 1 unspecified atom stereocenters. The van der Waals surface area contributed by atoms with E-state index in [0.717, 1.165) is 23.2 Å². The van der Waals surface area contributed by atoms with Gasteiger partial charge < -0.3 is 9.64 Å². The smallest absolute Gasteiger partial charge is 0.272 e. The van der Waals surface area contributed by atoms with Crippen molar-refractivity contribution < 1.29 is 9.53 Å². The van der Waals surface area contributed by atoms with E-state index in [1.165, 1.54) is 12.8 Å². The van der Waals surface area contributed by atoms with Gasteiger partial charge in [0.1, 0.15) is 5.69 Å². The molecule has 1 fully saturated rings. The number of amides is 1. The van der Waals surface area contributed by atoms with E-state index in [1.54, 1.807) is 6.20 Å². The van der Waals surface area contributed by atoms with Crippen LogP contribution in [-0.2, 0) is 17.8 Å². The monoisotopic (exact) mass is 362 g/mol. The van der Waals surface area contributed by atoms with E-state index in [1.807, 2.05) is 52.0 Å². The Morgan fingerprint density at radius 1 is 1.11 bits per heavy atom. The normalized spacial score (nSPS) is 19.7. The maximum atomic E-state index is 13.2. The molecule has 1 amide bonds. The Morgan fingerprint density at radius 2 is 2.00 bits per heavy atom. The topological polar surface area (TPSA) is 60.2 Å². The van der Waals surface area contributed by atoms with Crippen molar-refractivity contribution in [2.45, 2.75) is 32.0 Å². The van der Waals surface area contributed by atoms with E-state index in [2.05, 4.69) is 10.1 Å². The van der Waals surface area contributed by atoms with Crippen molar-refractivity contribution in [1.82, 2.24) is 19.7 Å². The van der Waals surface area contributed by atoms with Gasteiger partial charge in [0.25, 0.3) is 5.91 Å². The predicted octanol–water partition coefficient (Wildman–Crippen LogP) is 2.88. The molecular formula is C21H22N4O2. The molecule has 2 aromatic heterocycles. The summed E-state index contributed by atoms with van der Waals surface area (Å²) in [6, 6.07) is 13.6. The minimum Gasteiger partial charge on any atom is -0.374 e. The van der Waals surface area contributed by atoms with E-state index in [0.29, 0.717) is 31.2 Å². The minimum absolute atomic E-state index is 0.0452. The van der Waals surface area contributed by atoms with Crippen LogP contribution >= 0.6 is 0 Å². The van der Waals surface area contributed by atoms with Crippen LogP contribution in [0.15, 0.2) is 48.7 Å². The maximum absolute atomic E-state index is 13.2. The predicted molar refractivity (Wildman–Crippen MR) is 101 cm³/mol. The number of nitrogens with zero attached hydrogens (tertiary/aromatic N) is 4. The molecule has 1 saturated carbocycles. The number of rotatable bonds is 4. The van der Waals surface area contributed by atoms with Crippen LogP contribution in [0, 0.1) is 5.92 Å².